The number of aromatic nitrogens is 2. The maximum atomic E-state index is 12.6. The van der Waals surface area contributed by atoms with Gasteiger partial charge in [0.2, 0.25) is 5.91 Å². The van der Waals surface area contributed by atoms with E-state index in [4.69, 9.17) is 5.73 Å². The molecule has 0 bridgehead atoms. The van der Waals surface area contributed by atoms with E-state index in [2.05, 4.69) is 10.4 Å². The first-order chi connectivity index (χ1) is 9.07. The minimum absolute atomic E-state index is 0.0630. The van der Waals surface area contributed by atoms with Crippen LogP contribution in [0.25, 0.3) is 0 Å². The van der Waals surface area contributed by atoms with E-state index in [0.29, 0.717) is 6.54 Å². The molecule has 3 N–H and O–H groups in total. The topological polar surface area (TPSA) is 72.9 Å². The van der Waals surface area contributed by atoms with E-state index in [0.717, 1.165) is 37.1 Å². The van der Waals surface area contributed by atoms with Crippen LogP contribution in [0.5, 0.6) is 0 Å². The van der Waals surface area contributed by atoms with Gasteiger partial charge in [0, 0.05) is 19.8 Å². The molecule has 0 aliphatic heterocycles. The Bertz CT molecular complexity index is 444. The molecule has 0 aromatic carbocycles. The van der Waals surface area contributed by atoms with Gasteiger partial charge in [-0.1, -0.05) is 25.7 Å². The molecule has 0 atom stereocenters. The summed E-state index contributed by atoms with van der Waals surface area (Å²) in [6.07, 6.45) is 8.24. The number of hydrogen-bond acceptors (Lipinski definition) is 3. The maximum absolute atomic E-state index is 12.6. The minimum Gasteiger partial charge on any atom is -0.329 e. The highest BCUT2D eigenvalue weighted by atomic mass is 16.2. The van der Waals surface area contributed by atoms with Crippen LogP contribution in [0.4, 0.5) is 5.69 Å². The molecule has 2 rings (SSSR count). The first-order valence-electron chi connectivity index (χ1n) is 7.09. The predicted octanol–water partition coefficient (Wildman–Crippen LogP) is 1.97. The Labute approximate surface area is 114 Å². The van der Waals surface area contributed by atoms with Crippen LogP contribution in [0.1, 0.15) is 44.2 Å². The number of rotatable bonds is 3. The first-order valence-corrected chi connectivity index (χ1v) is 7.09. The van der Waals surface area contributed by atoms with Crippen molar-refractivity contribution in [3.8, 4) is 0 Å². The number of aryl methyl sites for hydroxylation is 2. The molecule has 0 radical (unpaired) electrons. The van der Waals surface area contributed by atoms with Gasteiger partial charge in [0.05, 0.1) is 16.8 Å². The average Bonchev–Trinajstić information content (AvgIpc) is 2.59. The van der Waals surface area contributed by atoms with Crippen molar-refractivity contribution in [2.45, 2.75) is 45.4 Å². The molecule has 0 spiro atoms. The molecule has 0 saturated heterocycles. The molecule has 1 aromatic heterocycles. The second kappa shape index (κ2) is 5.74. The Balaban J connectivity index is 2.14. The lowest BCUT2D eigenvalue weighted by molar-refractivity contribution is -0.125. The summed E-state index contributed by atoms with van der Waals surface area (Å²) >= 11 is 0. The quantitative estimate of drug-likeness (QED) is 0.820. The molecule has 5 heteroatoms. The van der Waals surface area contributed by atoms with Gasteiger partial charge in [-0.3, -0.25) is 9.48 Å². The zero-order valence-corrected chi connectivity index (χ0v) is 11.9. The molecule has 1 heterocycles. The van der Waals surface area contributed by atoms with Crippen molar-refractivity contribution < 1.29 is 4.79 Å². The zero-order valence-electron chi connectivity index (χ0n) is 11.9. The summed E-state index contributed by atoms with van der Waals surface area (Å²) in [6.45, 7) is 2.33. The number of amides is 1. The number of nitrogens with one attached hydrogen (secondary N) is 1. The average molecular weight is 264 g/mol. The van der Waals surface area contributed by atoms with E-state index in [1.54, 1.807) is 4.68 Å². The number of nitrogens with two attached hydrogens (primary N) is 1. The van der Waals surface area contributed by atoms with Crippen LogP contribution in [0, 0.1) is 12.3 Å². The number of nitrogens with zero attached hydrogens (tertiary/aromatic N) is 2. The fraction of sp³-hybridized carbons (Fsp3) is 0.714. The number of hydrogen-bond donors (Lipinski definition) is 2. The van der Waals surface area contributed by atoms with Gasteiger partial charge in [-0.25, -0.2) is 0 Å². The van der Waals surface area contributed by atoms with E-state index >= 15 is 0 Å². The second-order valence-corrected chi connectivity index (χ2v) is 5.65. The molecular formula is C14H24N4O. The largest absolute Gasteiger partial charge is 0.329 e. The summed E-state index contributed by atoms with van der Waals surface area (Å²) in [4.78, 5) is 12.6. The van der Waals surface area contributed by atoms with Crippen molar-refractivity contribution in [2.24, 2.45) is 18.2 Å². The molecular weight excluding hydrogens is 240 g/mol. The van der Waals surface area contributed by atoms with E-state index in [-0.39, 0.29) is 5.91 Å². The molecule has 1 amide bonds. The molecule has 0 unspecified atom stereocenters. The molecule has 1 aliphatic carbocycles. The normalized spacial score (nSPS) is 18.9. The minimum atomic E-state index is -0.390. The van der Waals surface area contributed by atoms with Crippen LogP contribution in [0.3, 0.4) is 0 Å². The van der Waals surface area contributed by atoms with Gasteiger partial charge < -0.3 is 11.1 Å². The summed E-state index contributed by atoms with van der Waals surface area (Å²) in [5, 5.41) is 7.27. The van der Waals surface area contributed by atoms with Crippen molar-refractivity contribution in [1.82, 2.24) is 9.78 Å². The third-order valence-electron chi connectivity index (χ3n) is 4.19. The Morgan fingerprint density at radius 3 is 2.53 bits per heavy atom. The van der Waals surface area contributed by atoms with Gasteiger partial charge in [-0.2, -0.15) is 5.10 Å². The molecule has 19 heavy (non-hydrogen) atoms. The van der Waals surface area contributed by atoms with Gasteiger partial charge in [0.25, 0.3) is 0 Å². The lowest BCUT2D eigenvalue weighted by Gasteiger charge is -2.29. The predicted molar refractivity (Wildman–Crippen MR) is 75.8 cm³/mol. The smallest absolute Gasteiger partial charge is 0.231 e. The molecule has 1 fully saturated rings. The van der Waals surface area contributed by atoms with Crippen LogP contribution < -0.4 is 11.1 Å². The number of carbonyl (C=O) groups is 1. The van der Waals surface area contributed by atoms with E-state index in [9.17, 15) is 4.79 Å². The Morgan fingerprint density at radius 2 is 2.05 bits per heavy atom. The second-order valence-electron chi connectivity index (χ2n) is 5.65. The van der Waals surface area contributed by atoms with Gasteiger partial charge in [0.15, 0.2) is 0 Å². The van der Waals surface area contributed by atoms with Gasteiger partial charge in [0.1, 0.15) is 0 Å². The monoisotopic (exact) mass is 264 g/mol. The molecule has 1 aliphatic rings. The van der Waals surface area contributed by atoms with Crippen LogP contribution in [0.15, 0.2) is 6.20 Å². The lowest BCUT2D eigenvalue weighted by atomic mass is 9.79. The van der Waals surface area contributed by atoms with Crippen molar-refractivity contribution in [2.75, 3.05) is 11.9 Å². The van der Waals surface area contributed by atoms with Crippen molar-refractivity contribution in [3.05, 3.63) is 11.9 Å². The van der Waals surface area contributed by atoms with E-state index < -0.39 is 5.41 Å². The van der Waals surface area contributed by atoms with Crippen molar-refractivity contribution >= 4 is 11.6 Å². The summed E-state index contributed by atoms with van der Waals surface area (Å²) in [7, 11) is 1.85. The molecule has 5 nitrogen and oxygen atoms in total. The van der Waals surface area contributed by atoms with Crippen molar-refractivity contribution in [1.29, 1.82) is 0 Å². The Kier molecular flexibility index (Phi) is 4.24. The fourth-order valence-electron chi connectivity index (χ4n) is 2.91. The standard InChI is InChI=1S/C14H24N4O/c1-11-12(9-18(2)17-11)16-13(19)14(10-15)7-5-3-4-6-8-14/h9H,3-8,10,15H2,1-2H3,(H,16,19). The van der Waals surface area contributed by atoms with Crippen LogP contribution >= 0.6 is 0 Å². The first kappa shape index (κ1) is 14.1. The summed E-state index contributed by atoms with van der Waals surface area (Å²) in [5.74, 6) is 0.0630. The van der Waals surface area contributed by atoms with Crippen LogP contribution in [-0.4, -0.2) is 22.2 Å². The highest BCUT2D eigenvalue weighted by molar-refractivity contribution is 5.95. The van der Waals surface area contributed by atoms with Crippen LogP contribution in [0.2, 0.25) is 0 Å². The highest BCUT2D eigenvalue weighted by Gasteiger charge is 2.37. The Morgan fingerprint density at radius 1 is 1.42 bits per heavy atom. The molecule has 106 valence electrons. The molecule has 1 aromatic rings. The van der Waals surface area contributed by atoms with Gasteiger partial charge >= 0.3 is 0 Å². The summed E-state index contributed by atoms with van der Waals surface area (Å²) in [5.41, 5.74) is 7.17. The lowest BCUT2D eigenvalue weighted by Crippen LogP contribution is -2.42. The summed E-state index contributed by atoms with van der Waals surface area (Å²) in [6, 6.07) is 0. The zero-order chi connectivity index (χ0) is 13.9. The van der Waals surface area contributed by atoms with E-state index in [1.807, 2.05) is 20.2 Å². The molecule has 1 saturated carbocycles. The summed E-state index contributed by atoms with van der Waals surface area (Å²) < 4.78 is 1.72. The van der Waals surface area contributed by atoms with Gasteiger partial charge in [-0.15, -0.1) is 0 Å². The number of anilines is 1. The maximum Gasteiger partial charge on any atom is 0.231 e. The van der Waals surface area contributed by atoms with E-state index in [1.165, 1.54) is 12.8 Å². The number of carbonyl (C=O) groups excluding carboxylic acids is 1. The fourth-order valence-corrected chi connectivity index (χ4v) is 2.91. The van der Waals surface area contributed by atoms with Gasteiger partial charge in [-0.05, 0) is 19.8 Å². The third-order valence-corrected chi connectivity index (χ3v) is 4.19. The Hall–Kier alpha value is -1.36. The van der Waals surface area contributed by atoms with Crippen LogP contribution in [-0.2, 0) is 11.8 Å². The van der Waals surface area contributed by atoms with Crippen molar-refractivity contribution in [3.63, 3.8) is 0 Å². The third kappa shape index (κ3) is 2.97. The SMILES string of the molecule is Cc1nn(C)cc1NC(=O)C1(CN)CCCCCC1. The highest BCUT2D eigenvalue weighted by Crippen LogP contribution is 2.35.